The fourth-order valence-corrected chi connectivity index (χ4v) is 8.27. The van der Waals surface area contributed by atoms with E-state index in [0.717, 1.165) is 21.9 Å². The number of primary sulfonamides is 1. The maximum absolute atomic E-state index is 13.0. The first-order valence-electron chi connectivity index (χ1n) is 18.3. The van der Waals surface area contributed by atoms with Gasteiger partial charge in [-0.15, -0.1) is 0 Å². The van der Waals surface area contributed by atoms with Gasteiger partial charge in [-0.3, -0.25) is 4.57 Å². The number of nitrogens with one attached hydrogen (secondary N) is 4. The first-order chi connectivity index (χ1) is 27.4. The Morgan fingerprint density at radius 3 is 2.25 bits per heavy atom. The highest BCUT2D eigenvalue weighted by Crippen LogP contribution is 2.41. The number of carbonyl (C=O) groups excluding carboxylic acids is 1. The van der Waals surface area contributed by atoms with E-state index in [1.54, 1.807) is 4.57 Å². The van der Waals surface area contributed by atoms with Crippen LogP contribution in [-0.4, -0.2) is 96.7 Å². The van der Waals surface area contributed by atoms with Crippen LogP contribution in [0.5, 0.6) is 5.88 Å². The molecular weight excluding hydrogens is 755 g/mol. The van der Waals surface area contributed by atoms with Gasteiger partial charge in [0.05, 0.1) is 29.5 Å². The van der Waals surface area contributed by atoms with Crippen molar-refractivity contribution in [1.82, 2.24) is 34.4 Å². The molecule has 6 aromatic rings. The van der Waals surface area contributed by atoms with Crippen LogP contribution >= 0.6 is 0 Å². The van der Waals surface area contributed by atoms with E-state index in [9.17, 15) is 33.3 Å². The minimum absolute atomic E-state index is 0.0577. The van der Waals surface area contributed by atoms with E-state index in [1.807, 2.05) is 41.3 Å². The van der Waals surface area contributed by atoms with Crippen LogP contribution < -0.4 is 31.7 Å². The number of nitrogens with zero attached hydrogens (tertiary/aromatic N) is 6. The van der Waals surface area contributed by atoms with E-state index < -0.39 is 46.0 Å². The molecule has 2 aliphatic rings. The van der Waals surface area contributed by atoms with Gasteiger partial charge >= 0.3 is 11.7 Å². The number of hydrogen-bond acceptors (Lipinski definition) is 12. The van der Waals surface area contributed by atoms with Gasteiger partial charge in [-0.1, -0.05) is 60.7 Å². The largest absolute Gasteiger partial charge is 0.493 e. The predicted molar refractivity (Wildman–Crippen MR) is 211 cm³/mol. The fraction of sp³-hybridized carbons (Fsp3) is 0.289. The lowest BCUT2D eigenvalue weighted by molar-refractivity contribution is 0.00763. The number of aliphatic hydroxyl groups excluding tert-OH is 2. The lowest BCUT2D eigenvalue weighted by Crippen LogP contribution is -2.40. The van der Waals surface area contributed by atoms with Crippen molar-refractivity contribution in [2.75, 3.05) is 35.2 Å². The average Bonchev–Trinajstić information content (AvgIpc) is 3.99. The maximum atomic E-state index is 13.0. The quantitative estimate of drug-likeness (QED) is 0.0940. The van der Waals surface area contributed by atoms with Crippen LogP contribution in [0.25, 0.3) is 11.2 Å². The highest BCUT2D eigenvalue weighted by molar-refractivity contribution is 7.89. The molecule has 3 aromatic heterocycles. The number of hydrogen-bond donors (Lipinski definition) is 8. The first kappa shape index (κ1) is 37.6. The number of amides is 2. The number of carbonyl (C=O) groups is 1. The number of urea groups is 1. The highest BCUT2D eigenvalue weighted by Gasteiger charge is 2.45. The zero-order valence-electron chi connectivity index (χ0n) is 30.4. The van der Waals surface area contributed by atoms with Gasteiger partial charge in [-0.05, 0) is 48.2 Å². The molecule has 18 nitrogen and oxygen atoms in total. The summed E-state index contributed by atoms with van der Waals surface area (Å²) in [7, 11) is -3.88. The van der Waals surface area contributed by atoms with Gasteiger partial charge in [0, 0.05) is 37.3 Å². The first-order valence-corrected chi connectivity index (χ1v) is 19.9. The molecule has 2 amide bonds. The van der Waals surface area contributed by atoms with Crippen molar-refractivity contribution >= 4 is 44.7 Å². The maximum Gasteiger partial charge on any atom is 0.328 e. The lowest BCUT2D eigenvalue weighted by atomic mass is 9.91. The molecule has 57 heavy (non-hydrogen) atoms. The highest BCUT2D eigenvalue weighted by atomic mass is 32.2. The monoisotopic (exact) mass is 795 g/mol. The second-order valence-corrected chi connectivity index (χ2v) is 15.8. The summed E-state index contributed by atoms with van der Waals surface area (Å²) in [5.41, 5.74) is 2.75. The molecule has 0 radical (unpaired) electrons. The molecule has 19 heteroatoms. The summed E-state index contributed by atoms with van der Waals surface area (Å²) in [6.45, 7) is 1.29. The number of nitrogens with two attached hydrogens (primary N) is 1. The molecule has 1 aliphatic heterocycles. The van der Waals surface area contributed by atoms with Crippen LogP contribution in [0.15, 0.2) is 107 Å². The molecule has 296 valence electrons. The predicted octanol–water partition coefficient (Wildman–Crippen LogP) is 2.22. The van der Waals surface area contributed by atoms with Crippen molar-refractivity contribution in [3.8, 4) is 5.88 Å². The van der Waals surface area contributed by atoms with Crippen LogP contribution in [-0.2, 0) is 10.0 Å². The van der Waals surface area contributed by atoms with E-state index in [0.29, 0.717) is 54.7 Å². The minimum atomic E-state index is -3.88. The zero-order valence-corrected chi connectivity index (χ0v) is 31.2. The Morgan fingerprint density at radius 2 is 1.61 bits per heavy atom. The minimum Gasteiger partial charge on any atom is -0.493 e. The van der Waals surface area contributed by atoms with Gasteiger partial charge in [-0.2, -0.15) is 9.97 Å². The van der Waals surface area contributed by atoms with E-state index in [2.05, 4.69) is 50.2 Å². The van der Waals surface area contributed by atoms with Gasteiger partial charge < -0.3 is 45.7 Å². The second-order valence-electron chi connectivity index (χ2n) is 14.2. The summed E-state index contributed by atoms with van der Waals surface area (Å²) in [6.07, 6.45) is 0.588. The summed E-state index contributed by atoms with van der Waals surface area (Å²) in [6, 6.07) is 23.2. The number of anilines is 3. The van der Waals surface area contributed by atoms with Crippen LogP contribution in [0.4, 0.5) is 22.2 Å². The Kier molecular flexibility index (Phi) is 10.1. The van der Waals surface area contributed by atoms with E-state index in [4.69, 9.17) is 15.1 Å². The third kappa shape index (κ3) is 7.64. The standard InChI is InChI=1S/C38H41N11O7S/c39-57(55,56)26-13-11-24(12-14-26)43-37(53)44-25-15-16-47(20-25)36-45-34(40-18-27(22-7-3-1-4-8-22)23-9-5-2-6-10-23)31-35(46-36)48(21-42-31)28-17-29(33(52)32(28)51)49-30(50)19-41-38(49)54/h1-14,19,21,25,27-29,32-33,50-52H,15-18,20H2,(H,41,54)(H2,39,55,56)(H,40,45,46)(H2,43,44,53)/t25-,28-,29+,32+,33-/m1/s1. The van der Waals surface area contributed by atoms with Crippen molar-refractivity contribution in [3.05, 3.63) is 119 Å². The smallest absolute Gasteiger partial charge is 0.328 e. The number of aromatic amines is 1. The number of rotatable bonds is 11. The summed E-state index contributed by atoms with van der Waals surface area (Å²) in [5, 5.41) is 47.2. The Bertz CT molecular complexity index is 2510. The van der Waals surface area contributed by atoms with Gasteiger partial charge in [0.1, 0.15) is 12.2 Å². The molecule has 3 aromatic carbocycles. The Morgan fingerprint density at radius 1 is 0.947 bits per heavy atom. The van der Waals surface area contributed by atoms with Crippen molar-refractivity contribution in [1.29, 1.82) is 0 Å². The van der Waals surface area contributed by atoms with Crippen molar-refractivity contribution in [2.45, 2.75) is 54.0 Å². The van der Waals surface area contributed by atoms with E-state index in [1.165, 1.54) is 30.6 Å². The normalized spacial score (nSPS) is 21.0. The van der Waals surface area contributed by atoms with E-state index >= 15 is 0 Å². The van der Waals surface area contributed by atoms with Gasteiger partial charge in [0.25, 0.3) is 0 Å². The molecule has 1 saturated carbocycles. The zero-order chi connectivity index (χ0) is 39.8. The molecule has 5 atom stereocenters. The summed E-state index contributed by atoms with van der Waals surface area (Å²) in [5.74, 6) is 0.361. The second kappa shape index (κ2) is 15.3. The molecular formula is C38H41N11O7S. The Hall–Kier alpha value is -6.28. The lowest BCUT2D eigenvalue weighted by Gasteiger charge is -2.22. The number of aromatic nitrogens is 6. The SMILES string of the molecule is NS(=O)(=O)c1ccc(NC(=O)N[C@@H]2CCN(c3nc(NCC(c4ccccc4)c4ccccc4)c4ncn([C@@H]5C[C@H](n6c(O)c[nH]c6=O)[C@@H](O)[C@H]5O)c4n3)C2)cc1. The molecule has 1 aliphatic carbocycles. The third-order valence-corrected chi connectivity index (χ3v) is 11.6. The topological polar surface area (TPSA) is 259 Å². The number of H-pyrrole nitrogens is 1. The van der Waals surface area contributed by atoms with Crippen LogP contribution in [0.1, 0.15) is 42.0 Å². The van der Waals surface area contributed by atoms with Crippen molar-refractivity contribution in [2.24, 2.45) is 5.14 Å². The van der Waals surface area contributed by atoms with E-state index in [-0.39, 0.29) is 29.2 Å². The number of imidazole rings is 2. The number of sulfonamides is 1. The van der Waals surface area contributed by atoms with Crippen LogP contribution in [0.3, 0.4) is 0 Å². The van der Waals surface area contributed by atoms with Crippen molar-refractivity contribution in [3.63, 3.8) is 0 Å². The van der Waals surface area contributed by atoms with Crippen LogP contribution in [0.2, 0.25) is 0 Å². The summed E-state index contributed by atoms with van der Waals surface area (Å²) >= 11 is 0. The van der Waals surface area contributed by atoms with Gasteiger partial charge in [-0.25, -0.2) is 28.1 Å². The molecule has 4 heterocycles. The number of aromatic hydroxyl groups is 1. The summed E-state index contributed by atoms with van der Waals surface area (Å²) in [4.78, 5) is 44.3. The Labute approximate surface area is 326 Å². The number of fused-ring (bicyclic) bond motifs is 1. The van der Waals surface area contributed by atoms with Crippen LogP contribution in [0, 0.1) is 0 Å². The van der Waals surface area contributed by atoms with Crippen molar-refractivity contribution < 1.29 is 28.5 Å². The van der Waals surface area contributed by atoms with Gasteiger partial charge in [0.2, 0.25) is 21.9 Å². The summed E-state index contributed by atoms with van der Waals surface area (Å²) < 4.78 is 25.9. The molecule has 0 spiro atoms. The third-order valence-electron chi connectivity index (χ3n) is 10.6. The molecule has 1 saturated heterocycles. The molecule has 9 N–H and O–H groups in total. The number of benzene rings is 3. The average molecular weight is 796 g/mol. The molecule has 2 fully saturated rings. The fourth-order valence-electron chi connectivity index (χ4n) is 7.76. The number of aliphatic hydroxyl groups is 2. The molecule has 0 unspecified atom stereocenters. The van der Waals surface area contributed by atoms with Gasteiger partial charge in [0.15, 0.2) is 17.0 Å². The Balaban J connectivity index is 1.08. The molecule has 0 bridgehead atoms. The molecule has 8 rings (SSSR count).